The predicted octanol–water partition coefficient (Wildman–Crippen LogP) is -0.327. The first kappa shape index (κ1) is 16.9. The van der Waals surface area contributed by atoms with Crippen molar-refractivity contribution in [2.75, 3.05) is 6.51 Å². The molecule has 0 aliphatic carbocycles. The molecule has 0 fully saturated rings. The second-order valence-electron chi connectivity index (χ2n) is 3.23. The van der Waals surface area contributed by atoms with E-state index in [-0.39, 0.29) is 62.8 Å². The Kier molecular flexibility index (Phi) is 6.70. The number of nitrogens with zero attached hydrogens (tertiary/aromatic N) is 1. The summed E-state index contributed by atoms with van der Waals surface area (Å²) in [4.78, 5) is 9.75. The normalized spacial score (nSPS) is 10.6. The molecule has 0 spiro atoms. The molecule has 17 heavy (non-hydrogen) atoms. The van der Waals surface area contributed by atoms with Crippen LogP contribution in [0.25, 0.3) is 0 Å². The maximum atomic E-state index is 11.9. The number of ether oxygens (including phenoxy) is 1. The summed E-state index contributed by atoms with van der Waals surface area (Å²) in [6.45, 7) is -4.92. The van der Waals surface area contributed by atoms with Crippen LogP contribution < -0.4 is 56.1 Å². The molecule has 1 rings (SSSR count). The zero-order chi connectivity index (χ0) is 12.3. The SMILES string of the molecule is Cc1cc([N+](=O)[O-])ccc1OC[B-](F)(F)F.[K+]. The molecule has 0 amide bonds. The molecule has 0 saturated carbocycles. The molecular weight excluding hydrogens is 265 g/mol. The van der Waals surface area contributed by atoms with Crippen molar-refractivity contribution in [3.8, 4) is 5.75 Å². The molecule has 0 radical (unpaired) electrons. The summed E-state index contributed by atoms with van der Waals surface area (Å²) < 4.78 is 40.2. The number of nitro benzene ring substituents is 1. The van der Waals surface area contributed by atoms with E-state index in [1.54, 1.807) is 0 Å². The average Bonchev–Trinajstić information content (AvgIpc) is 2.14. The molecule has 0 aliphatic rings. The van der Waals surface area contributed by atoms with Gasteiger partial charge in [-0.3, -0.25) is 10.1 Å². The Hall–Kier alpha value is -0.0887. The van der Waals surface area contributed by atoms with Gasteiger partial charge in [-0.05, 0) is 18.6 Å². The van der Waals surface area contributed by atoms with Crippen LogP contribution in [0.5, 0.6) is 5.75 Å². The van der Waals surface area contributed by atoms with Crippen LogP contribution in [-0.2, 0) is 0 Å². The monoisotopic (exact) mass is 273 g/mol. The fraction of sp³-hybridized carbons (Fsp3) is 0.250. The smallest absolute Gasteiger partial charge is 0.521 e. The molecule has 9 heteroatoms. The zero-order valence-electron chi connectivity index (χ0n) is 9.32. The average molecular weight is 273 g/mol. The van der Waals surface area contributed by atoms with Crippen molar-refractivity contribution in [2.45, 2.75) is 6.92 Å². The van der Waals surface area contributed by atoms with E-state index in [2.05, 4.69) is 4.74 Å². The summed E-state index contributed by atoms with van der Waals surface area (Å²) in [6.07, 6.45) is 0. The number of non-ortho nitro benzene ring substituents is 1. The van der Waals surface area contributed by atoms with E-state index in [9.17, 15) is 23.1 Å². The second kappa shape index (κ2) is 6.74. The molecule has 0 N–H and O–H groups in total. The van der Waals surface area contributed by atoms with Crippen LogP contribution >= 0.6 is 0 Å². The summed E-state index contributed by atoms with van der Waals surface area (Å²) in [5.74, 6) is 0.00444. The third kappa shape index (κ3) is 5.87. The molecule has 88 valence electrons. The van der Waals surface area contributed by atoms with Crippen molar-refractivity contribution >= 4 is 12.7 Å². The topological polar surface area (TPSA) is 52.4 Å². The number of halogens is 3. The van der Waals surface area contributed by atoms with Gasteiger partial charge in [0.1, 0.15) is 5.75 Å². The van der Waals surface area contributed by atoms with Crippen LogP contribution in [0.3, 0.4) is 0 Å². The molecular formula is C8H8BF3KNO3. The van der Waals surface area contributed by atoms with E-state index in [1.807, 2.05) is 0 Å². The van der Waals surface area contributed by atoms with Crippen LogP contribution in [0.1, 0.15) is 5.56 Å². The van der Waals surface area contributed by atoms with Crippen molar-refractivity contribution < 1.29 is 74.0 Å². The van der Waals surface area contributed by atoms with Crippen molar-refractivity contribution in [1.29, 1.82) is 0 Å². The fourth-order valence-corrected chi connectivity index (χ4v) is 1.09. The quantitative estimate of drug-likeness (QED) is 0.429. The van der Waals surface area contributed by atoms with Gasteiger partial charge in [-0.2, -0.15) is 0 Å². The van der Waals surface area contributed by atoms with Crippen molar-refractivity contribution in [1.82, 2.24) is 0 Å². The Morgan fingerprint density at radius 3 is 2.41 bits per heavy atom. The summed E-state index contributed by atoms with van der Waals surface area (Å²) in [5, 5.41) is 10.4. The minimum atomic E-state index is -5.02. The van der Waals surface area contributed by atoms with E-state index >= 15 is 0 Å². The minimum absolute atomic E-state index is 0. The molecule has 0 heterocycles. The van der Waals surface area contributed by atoms with Crippen molar-refractivity contribution in [3.05, 3.63) is 33.9 Å². The van der Waals surface area contributed by atoms with Crippen molar-refractivity contribution in [2.24, 2.45) is 0 Å². The molecule has 0 saturated heterocycles. The molecule has 0 unspecified atom stereocenters. The summed E-state index contributed by atoms with van der Waals surface area (Å²) in [7, 11) is 0. The van der Waals surface area contributed by atoms with Crippen LogP contribution in [0.15, 0.2) is 18.2 Å². The van der Waals surface area contributed by atoms with Crippen LogP contribution in [0, 0.1) is 17.0 Å². The maximum Gasteiger partial charge on any atom is 1.00 e. The van der Waals surface area contributed by atoms with Gasteiger partial charge >= 0.3 is 58.4 Å². The van der Waals surface area contributed by atoms with E-state index in [0.717, 1.165) is 12.1 Å². The van der Waals surface area contributed by atoms with Crippen LogP contribution in [0.2, 0.25) is 0 Å². The van der Waals surface area contributed by atoms with Gasteiger partial charge in [-0.15, -0.1) is 0 Å². The second-order valence-corrected chi connectivity index (χ2v) is 3.23. The van der Waals surface area contributed by atoms with Gasteiger partial charge < -0.3 is 17.7 Å². The number of rotatable bonds is 4. The molecule has 1 aromatic carbocycles. The van der Waals surface area contributed by atoms with E-state index in [0.29, 0.717) is 5.56 Å². The first-order valence-electron chi connectivity index (χ1n) is 4.38. The third-order valence-corrected chi connectivity index (χ3v) is 1.80. The number of hydrogen-bond acceptors (Lipinski definition) is 3. The Morgan fingerprint density at radius 1 is 1.41 bits per heavy atom. The molecule has 0 atom stereocenters. The van der Waals surface area contributed by atoms with Gasteiger partial charge in [0.25, 0.3) is 5.69 Å². The summed E-state index contributed by atoms with van der Waals surface area (Å²) in [5.41, 5.74) is 0.122. The Labute approximate surface area is 138 Å². The van der Waals surface area contributed by atoms with E-state index < -0.39 is 18.4 Å². The molecule has 0 aromatic heterocycles. The Balaban J connectivity index is 0.00000256. The number of nitro groups is 1. The predicted molar refractivity (Wildman–Crippen MR) is 52.4 cm³/mol. The summed E-state index contributed by atoms with van der Waals surface area (Å²) >= 11 is 0. The van der Waals surface area contributed by atoms with Gasteiger partial charge in [0, 0.05) is 12.1 Å². The first-order valence-corrected chi connectivity index (χ1v) is 4.38. The largest absolute Gasteiger partial charge is 1.00 e. The van der Waals surface area contributed by atoms with Gasteiger partial charge in [0.15, 0.2) is 0 Å². The Morgan fingerprint density at radius 2 is 2.00 bits per heavy atom. The minimum Gasteiger partial charge on any atom is -0.521 e. The van der Waals surface area contributed by atoms with Crippen molar-refractivity contribution in [3.63, 3.8) is 0 Å². The maximum absolute atomic E-state index is 11.9. The number of benzene rings is 1. The van der Waals surface area contributed by atoms with Crippen LogP contribution in [-0.4, -0.2) is 18.4 Å². The fourth-order valence-electron chi connectivity index (χ4n) is 1.09. The van der Waals surface area contributed by atoms with Gasteiger partial charge in [0.05, 0.1) is 11.4 Å². The molecule has 0 bridgehead atoms. The van der Waals surface area contributed by atoms with Crippen LogP contribution in [0.4, 0.5) is 18.6 Å². The Bertz CT molecular complexity index is 413. The molecule has 4 nitrogen and oxygen atoms in total. The third-order valence-electron chi connectivity index (χ3n) is 1.80. The molecule has 0 aliphatic heterocycles. The van der Waals surface area contributed by atoms with E-state index in [4.69, 9.17) is 0 Å². The van der Waals surface area contributed by atoms with Gasteiger partial charge in [0.2, 0.25) is 0 Å². The standard InChI is InChI=1S/C8H8BF3NO3.K/c1-6-4-7(13(14)15)2-3-8(6)16-5-9(10,11)12;/h2-4H,5H2,1H3;/q-1;+1. The zero-order valence-corrected chi connectivity index (χ0v) is 12.4. The van der Waals surface area contributed by atoms with Gasteiger partial charge in [-0.1, -0.05) is 0 Å². The number of hydrogen-bond donors (Lipinski definition) is 0. The van der Waals surface area contributed by atoms with Gasteiger partial charge in [-0.25, -0.2) is 0 Å². The molecule has 1 aromatic rings. The van der Waals surface area contributed by atoms with E-state index in [1.165, 1.54) is 13.0 Å². The first-order chi connectivity index (χ1) is 7.29. The summed E-state index contributed by atoms with van der Waals surface area (Å²) in [6, 6.07) is 3.43. The number of aryl methyl sites for hydroxylation is 1.